The van der Waals surface area contributed by atoms with Crippen LogP contribution < -0.4 is 4.74 Å². The minimum absolute atomic E-state index is 0.000969. The Hall–Kier alpha value is -3.91. The molecule has 2 aromatic heterocycles. The standard InChI is InChI=1S/C24H20ClN3O5/c1-13-20(22(30)15-3-5-17(25)6-4-15)21-23(27-10-9-26-21)28(13)12-16-11-18(7-8-19(16)29)33-14(2)24(31)32/h3-11,14,29H,12H2,1-2H3,(H,31,32). The Morgan fingerprint density at radius 1 is 1.12 bits per heavy atom. The van der Waals surface area contributed by atoms with Crippen LogP contribution in [0.4, 0.5) is 0 Å². The van der Waals surface area contributed by atoms with Crippen LogP contribution in [-0.2, 0) is 11.3 Å². The van der Waals surface area contributed by atoms with Gasteiger partial charge in [0.1, 0.15) is 17.0 Å². The van der Waals surface area contributed by atoms with Crippen LogP contribution in [0, 0.1) is 6.92 Å². The van der Waals surface area contributed by atoms with Gasteiger partial charge in [-0.25, -0.2) is 9.78 Å². The van der Waals surface area contributed by atoms with Crippen LogP contribution in [0.2, 0.25) is 5.02 Å². The topological polar surface area (TPSA) is 115 Å². The van der Waals surface area contributed by atoms with Crippen molar-refractivity contribution in [1.82, 2.24) is 14.5 Å². The third-order valence-electron chi connectivity index (χ3n) is 5.31. The number of nitrogens with zero attached hydrogens (tertiary/aromatic N) is 3. The molecule has 0 bridgehead atoms. The number of fused-ring (bicyclic) bond motifs is 1. The molecule has 168 valence electrons. The van der Waals surface area contributed by atoms with Crippen molar-refractivity contribution in [3.05, 3.63) is 82.3 Å². The average molecular weight is 466 g/mol. The number of phenols is 1. The summed E-state index contributed by atoms with van der Waals surface area (Å²) in [6, 6.07) is 11.1. The Bertz CT molecular complexity index is 1360. The number of carboxylic acid groups (broad SMARTS) is 1. The van der Waals surface area contributed by atoms with Gasteiger partial charge in [0, 0.05) is 34.2 Å². The minimum Gasteiger partial charge on any atom is -0.508 e. The second-order valence-electron chi connectivity index (χ2n) is 7.50. The van der Waals surface area contributed by atoms with Crippen LogP contribution in [0.1, 0.15) is 34.1 Å². The lowest BCUT2D eigenvalue weighted by Crippen LogP contribution is -2.22. The molecule has 0 aliphatic rings. The Labute approximate surface area is 194 Å². The van der Waals surface area contributed by atoms with Crippen molar-refractivity contribution in [3.63, 3.8) is 0 Å². The highest BCUT2D eigenvalue weighted by Crippen LogP contribution is 2.30. The third-order valence-corrected chi connectivity index (χ3v) is 5.56. The van der Waals surface area contributed by atoms with Gasteiger partial charge >= 0.3 is 5.97 Å². The fourth-order valence-electron chi connectivity index (χ4n) is 3.57. The van der Waals surface area contributed by atoms with E-state index in [0.29, 0.717) is 44.3 Å². The van der Waals surface area contributed by atoms with Gasteiger partial charge < -0.3 is 19.5 Å². The van der Waals surface area contributed by atoms with Gasteiger partial charge in [-0.15, -0.1) is 0 Å². The number of benzene rings is 2. The molecule has 9 heteroatoms. The first kappa shape index (κ1) is 22.3. The molecule has 1 atom stereocenters. The molecule has 0 amide bonds. The molecule has 0 aliphatic carbocycles. The largest absolute Gasteiger partial charge is 0.508 e. The molecule has 0 radical (unpaired) electrons. The fourth-order valence-corrected chi connectivity index (χ4v) is 3.69. The molecular weight excluding hydrogens is 446 g/mol. The average Bonchev–Trinajstić information content (AvgIpc) is 3.07. The second-order valence-corrected chi connectivity index (χ2v) is 7.94. The van der Waals surface area contributed by atoms with Crippen molar-refractivity contribution in [2.75, 3.05) is 0 Å². The molecule has 0 spiro atoms. The summed E-state index contributed by atoms with van der Waals surface area (Å²) in [5.41, 5.74) is 2.90. The summed E-state index contributed by atoms with van der Waals surface area (Å²) in [6.07, 6.45) is 2.00. The van der Waals surface area contributed by atoms with Crippen molar-refractivity contribution >= 4 is 34.5 Å². The van der Waals surface area contributed by atoms with E-state index in [4.69, 9.17) is 21.4 Å². The summed E-state index contributed by atoms with van der Waals surface area (Å²) in [5.74, 6) is -1.01. The number of hydrogen-bond acceptors (Lipinski definition) is 6. The highest BCUT2D eigenvalue weighted by Gasteiger charge is 2.24. The second kappa shape index (κ2) is 8.91. The first-order valence-electron chi connectivity index (χ1n) is 10.1. The van der Waals surface area contributed by atoms with Crippen molar-refractivity contribution in [2.24, 2.45) is 0 Å². The lowest BCUT2D eigenvalue weighted by molar-refractivity contribution is -0.144. The predicted molar refractivity (Wildman–Crippen MR) is 122 cm³/mol. The number of carboxylic acids is 1. The van der Waals surface area contributed by atoms with Gasteiger partial charge in [0.25, 0.3) is 0 Å². The van der Waals surface area contributed by atoms with Gasteiger partial charge in [-0.1, -0.05) is 11.6 Å². The summed E-state index contributed by atoms with van der Waals surface area (Å²) in [4.78, 5) is 33.2. The smallest absolute Gasteiger partial charge is 0.344 e. The summed E-state index contributed by atoms with van der Waals surface area (Å²) >= 11 is 5.96. The minimum atomic E-state index is -1.10. The van der Waals surface area contributed by atoms with E-state index in [1.54, 1.807) is 41.8 Å². The molecule has 4 rings (SSSR count). The quantitative estimate of drug-likeness (QED) is 0.392. The Kier molecular flexibility index (Phi) is 6.02. The normalized spacial score (nSPS) is 12.0. The third kappa shape index (κ3) is 4.38. The van der Waals surface area contributed by atoms with Crippen LogP contribution in [0.15, 0.2) is 54.9 Å². The summed E-state index contributed by atoms with van der Waals surface area (Å²) in [6.45, 7) is 3.37. The van der Waals surface area contributed by atoms with Gasteiger partial charge in [-0.3, -0.25) is 9.78 Å². The van der Waals surface area contributed by atoms with Gasteiger partial charge in [0.2, 0.25) is 0 Å². The van der Waals surface area contributed by atoms with Crippen molar-refractivity contribution in [3.8, 4) is 11.5 Å². The number of carbonyl (C=O) groups excluding carboxylic acids is 1. The maximum atomic E-state index is 13.3. The molecule has 0 fully saturated rings. The predicted octanol–water partition coefficient (Wildman–Crippen LogP) is 4.23. The molecule has 2 N–H and O–H groups in total. The summed E-state index contributed by atoms with van der Waals surface area (Å²) in [5, 5.41) is 20.0. The van der Waals surface area contributed by atoms with E-state index >= 15 is 0 Å². The number of halogens is 1. The van der Waals surface area contributed by atoms with E-state index in [2.05, 4.69) is 9.97 Å². The van der Waals surface area contributed by atoms with E-state index in [1.165, 1.54) is 31.5 Å². The zero-order valence-corrected chi connectivity index (χ0v) is 18.6. The van der Waals surface area contributed by atoms with Crippen LogP contribution in [-0.4, -0.2) is 42.6 Å². The fraction of sp³-hybridized carbons (Fsp3) is 0.167. The van der Waals surface area contributed by atoms with Crippen LogP contribution in [0.25, 0.3) is 11.2 Å². The number of ketones is 1. The zero-order chi connectivity index (χ0) is 23.7. The van der Waals surface area contributed by atoms with Crippen molar-refractivity contribution in [2.45, 2.75) is 26.5 Å². The Morgan fingerprint density at radius 2 is 1.82 bits per heavy atom. The molecular formula is C24H20ClN3O5. The molecule has 0 aliphatic heterocycles. The van der Waals surface area contributed by atoms with Gasteiger partial charge in [-0.05, 0) is 56.3 Å². The summed E-state index contributed by atoms with van der Waals surface area (Å²) in [7, 11) is 0. The maximum Gasteiger partial charge on any atom is 0.344 e. The molecule has 0 saturated carbocycles. The number of aliphatic carboxylic acids is 1. The number of ether oxygens (including phenoxy) is 1. The molecule has 2 aromatic carbocycles. The first-order valence-corrected chi connectivity index (χ1v) is 10.5. The monoisotopic (exact) mass is 465 g/mol. The number of aromatic hydroxyl groups is 1. The molecule has 8 nitrogen and oxygen atoms in total. The van der Waals surface area contributed by atoms with E-state index < -0.39 is 12.1 Å². The summed E-state index contributed by atoms with van der Waals surface area (Å²) < 4.78 is 7.21. The SMILES string of the molecule is Cc1c(C(=O)c2ccc(Cl)cc2)c2nccnc2n1Cc1cc(OC(C)C(=O)O)ccc1O. The van der Waals surface area contributed by atoms with Crippen molar-refractivity contribution in [1.29, 1.82) is 0 Å². The molecule has 2 heterocycles. The lowest BCUT2D eigenvalue weighted by Gasteiger charge is -2.14. The lowest BCUT2D eigenvalue weighted by atomic mass is 10.0. The molecule has 33 heavy (non-hydrogen) atoms. The first-order chi connectivity index (χ1) is 15.8. The number of hydrogen-bond donors (Lipinski definition) is 2. The van der Waals surface area contributed by atoms with Gasteiger partial charge in [0.05, 0.1) is 12.1 Å². The van der Waals surface area contributed by atoms with E-state index in [9.17, 15) is 14.7 Å². The van der Waals surface area contributed by atoms with E-state index in [1.807, 2.05) is 0 Å². The highest BCUT2D eigenvalue weighted by atomic mass is 35.5. The van der Waals surface area contributed by atoms with Crippen LogP contribution in [0.5, 0.6) is 11.5 Å². The Balaban J connectivity index is 1.77. The van der Waals surface area contributed by atoms with E-state index in [0.717, 1.165) is 0 Å². The number of aromatic nitrogens is 3. The molecule has 0 saturated heterocycles. The van der Waals surface area contributed by atoms with E-state index in [-0.39, 0.29) is 18.1 Å². The number of carbonyl (C=O) groups is 2. The van der Waals surface area contributed by atoms with Crippen LogP contribution >= 0.6 is 11.6 Å². The number of phenolic OH excluding ortho intramolecular Hbond substituents is 1. The Morgan fingerprint density at radius 3 is 2.52 bits per heavy atom. The van der Waals surface area contributed by atoms with Gasteiger partial charge in [-0.2, -0.15) is 0 Å². The maximum absolute atomic E-state index is 13.3. The van der Waals surface area contributed by atoms with Crippen molar-refractivity contribution < 1.29 is 24.5 Å². The highest BCUT2D eigenvalue weighted by molar-refractivity contribution is 6.30. The van der Waals surface area contributed by atoms with Crippen LogP contribution in [0.3, 0.4) is 0 Å². The number of rotatable bonds is 7. The zero-order valence-electron chi connectivity index (χ0n) is 17.8. The van der Waals surface area contributed by atoms with Gasteiger partial charge in [0.15, 0.2) is 17.5 Å². The molecule has 1 unspecified atom stereocenters. The molecule has 4 aromatic rings.